The summed E-state index contributed by atoms with van der Waals surface area (Å²) < 4.78 is 32.3. The Morgan fingerprint density at radius 1 is 1.14 bits per heavy atom. The lowest BCUT2D eigenvalue weighted by atomic mass is 10.2. The zero-order valence-electron chi connectivity index (χ0n) is 9.20. The Morgan fingerprint density at radius 3 is 2.07 bits per heavy atom. The van der Waals surface area contributed by atoms with E-state index in [2.05, 4.69) is 9.44 Å². The van der Waals surface area contributed by atoms with Gasteiger partial charge in [0.2, 0.25) is 0 Å². The molecule has 14 heavy (non-hydrogen) atoms. The molecule has 0 aromatic rings. The molecule has 0 rings (SSSR count). The zero-order chi connectivity index (χ0) is 11.2. The predicted molar refractivity (Wildman–Crippen MR) is 56.2 cm³/mol. The number of methoxy groups -OCH3 is 1. The monoisotopic (exact) mass is 224 g/mol. The maximum absolute atomic E-state index is 11.3. The van der Waals surface area contributed by atoms with Crippen molar-refractivity contribution in [2.45, 2.75) is 26.9 Å². The van der Waals surface area contributed by atoms with Crippen molar-refractivity contribution in [1.29, 1.82) is 0 Å². The van der Waals surface area contributed by atoms with Gasteiger partial charge in [0.05, 0.1) is 6.10 Å². The first-order valence-electron chi connectivity index (χ1n) is 4.64. The maximum Gasteiger partial charge on any atom is 0.277 e. The van der Waals surface area contributed by atoms with Crippen LogP contribution < -0.4 is 9.44 Å². The Balaban J connectivity index is 3.84. The molecular weight excluding hydrogens is 204 g/mol. The van der Waals surface area contributed by atoms with E-state index >= 15 is 0 Å². The van der Waals surface area contributed by atoms with Crippen molar-refractivity contribution in [3.8, 4) is 0 Å². The molecule has 0 amide bonds. The molecule has 0 spiro atoms. The molecule has 0 aromatic carbocycles. The van der Waals surface area contributed by atoms with Gasteiger partial charge in [-0.25, -0.2) is 4.72 Å². The molecule has 0 saturated carbocycles. The van der Waals surface area contributed by atoms with Gasteiger partial charge in [0.15, 0.2) is 0 Å². The van der Waals surface area contributed by atoms with Crippen LogP contribution in [0.1, 0.15) is 20.8 Å². The van der Waals surface area contributed by atoms with Gasteiger partial charge in [0.25, 0.3) is 10.2 Å². The fraction of sp³-hybridized carbons (Fsp3) is 1.00. The second-order valence-corrected chi connectivity index (χ2v) is 5.22. The van der Waals surface area contributed by atoms with E-state index in [4.69, 9.17) is 4.74 Å². The quantitative estimate of drug-likeness (QED) is 0.644. The molecule has 0 bridgehead atoms. The number of hydrogen-bond acceptors (Lipinski definition) is 3. The number of nitrogens with one attached hydrogen (secondary N) is 2. The molecule has 86 valence electrons. The molecule has 2 N–H and O–H groups in total. The summed E-state index contributed by atoms with van der Waals surface area (Å²) in [5.74, 6) is 0.298. The average molecular weight is 224 g/mol. The SMILES string of the molecule is COC(C)CNS(=O)(=O)NCC(C)C. The highest BCUT2D eigenvalue weighted by Gasteiger charge is 2.10. The summed E-state index contributed by atoms with van der Waals surface area (Å²) in [6, 6.07) is 0. The molecular formula is C8H20N2O3S. The fourth-order valence-electron chi connectivity index (χ4n) is 0.638. The molecule has 5 nitrogen and oxygen atoms in total. The van der Waals surface area contributed by atoms with Crippen LogP contribution in [0.5, 0.6) is 0 Å². The molecule has 0 saturated heterocycles. The molecule has 6 heteroatoms. The predicted octanol–water partition coefficient (Wildman–Crippen LogP) is 0.101. The molecule has 1 atom stereocenters. The minimum absolute atomic E-state index is 0.120. The Labute approximate surface area is 86.4 Å². The Morgan fingerprint density at radius 2 is 1.64 bits per heavy atom. The first kappa shape index (κ1) is 13.8. The summed E-state index contributed by atoms with van der Waals surface area (Å²) in [4.78, 5) is 0. The van der Waals surface area contributed by atoms with E-state index in [0.29, 0.717) is 12.5 Å². The standard InChI is InChI=1S/C8H20N2O3S/c1-7(2)5-9-14(11,12)10-6-8(3)13-4/h7-10H,5-6H2,1-4H3. The van der Waals surface area contributed by atoms with Crippen LogP contribution >= 0.6 is 0 Å². The zero-order valence-corrected chi connectivity index (χ0v) is 10.0. The van der Waals surface area contributed by atoms with E-state index < -0.39 is 10.2 Å². The van der Waals surface area contributed by atoms with Gasteiger partial charge in [-0.3, -0.25) is 0 Å². The van der Waals surface area contributed by atoms with Crippen molar-refractivity contribution in [3.05, 3.63) is 0 Å². The van der Waals surface area contributed by atoms with Crippen molar-refractivity contribution < 1.29 is 13.2 Å². The third kappa shape index (κ3) is 7.25. The van der Waals surface area contributed by atoms with Gasteiger partial charge < -0.3 is 4.74 Å². The number of rotatable bonds is 7. The minimum Gasteiger partial charge on any atom is -0.380 e. The van der Waals surface area contributed by atoms with Gasteiger partial charge in [0, 0.05) is 20.2 Å². The summed E-state index contributed by atoms with van der Waals surface area (Å²) in [5.41, 5.74) is 0. The normalized spacial score (nSPS) is 14.6. The second-order valence-electron chi connectivity index (χ2n) is 3.64. The topological polar surface area (TPSA) is 67.4 Å². The Hall–Kier alpha value is -0.170. The van der Waals surface area contributed by atoms with Gasteiger partial charge in [-0.1, -0.05) is 13.8 Å². The van der Waals surface area contributed by atoms with E-state index in [1.807, 2.05) is 13.8 Å². The van der Waals surface area contributed by atoms with Crippen LogP contribution in [0.4, 0.5) is 0 Å². The highest BCUT2D eigenvalue weighted by atomic mass is 32.2. The fourth-order valence-corrected chi connectivity index (χ4v) is 1.75. The lowest BCUT2D eigenvalue weighted by molar-refractivity contribution is 0.122. The van der Waals surface area contributed by atoms with Crippen LogP contribution in [0, 0.1) is 5.92 Å². The van der Waals surface area contributed by atoms with E-state index in [0.717, 1.165) is 0 Å². The van der Waals surface area contributed by atoms with Gasteiger partial charge in [-0.15, -0.1) is 0 Å². The largest absolute Gasteiger partial charge is 0.380 e. The lowest BCUT2D eigenvalue weighted by Crippen LogP contribution is -2.41. The van der Waals surface area contributed by atoms with E-state index in [9.17, 15) is 8.42 Å². The van der Waals surface area contributed by atoms with Crippen molar-refractivity contribution in [2.24, 2.45) is 5.92 Å². The molecule has 0 aliphatic carbocycles. The Kier molecular flexibility index (Phi) is 6.26. The van der Waals surface area contributed by atoms with Gasteiger partial charge in [-0.05, 0) is 12.8 Å². The van der Waals surface area contributed by atoms with Crippen LogP contribution in [-0.2, 0) is 14.9 Å². The Bertz CT molecular complexity index is 239. The number of ether oxygens (including phenoxy) is 1. The molecule has 0 radical (unpaired) electrons. The van der Waals surface area contributed by atoms with Gasteiger partial charge in [0.1, 0.15) is 0 Å². The lowest BCUT2D eigenvalue weighted by Gasteiger charge is -2.12. The van der Waals surface area contributed by atoms with Gasteiger partial charge >= 0.3 is 0 Å². The van der Waals surface area contributed by atoms with Crippen LogP contribution in [0.25, 0.3) is 0 Å². The van der Waals surface area contributed by atoms with Gasteiger partial charge in [-0.2, -0.15) is 13.1 Å². The highest BCUT2D eigenvalue weighted by molar-refractivity contribution is 7.87. The van der Waals surface area contributed by atoms with Crippen LogP contribution in [0.15, 0.2) is 0 Å². The van der Waals surface area contributed by atoms with Crippen molar-refractivity contribution in [2.75, 3.05) is 20.2 Å². The summed E-state index contributed by atoms with van der Waals surface area (Å²) >= 11 is 0. The third-order valence-corrected chi connectivity index (χ3v) is 2.74. The van der Waals surface area contributed by atoms with Crippen molar-refractivity contribution in [3.63, 3.8) is 0 Å². The first-order valence-corrected chi connectivity index (χ1v) is 6.12. The first-order chi connectivity index (χ1) is 6.37. The maximum atomic E-state index is 11.3. The van der Waals surface area contributed by atoms with Crippen molar-refractivity contribution >= 4 is 10.2 Å². The molecule has 0 heterocycles. The molecule has 0 aromatic heterocycles. The van der Waals surface area contributed by atoms with E-state index in [1.54, 1.807) is 14.0 Å². The van der Waals surface area contributed by atoms with Crippen LogP contribution in [-0.4, -0.2) is 34.7 Å². The molecule has 0 aliphatic heterocycles. The highest BCUT2D eigenvalue weighted by Crippen LogP contribution is 1.90. The summed E-state index contributed by atoms with van der Waals surface area (Å²) in [6.07, 6.45) is -0.120. The smallest absolute Gasteiger partial charge is 0.277 e. The summed E-state index contributed by atoms with van der Waals surface area (Å²) in [6.45, 7) is 6.41. The number of hydrogen-bond donors (Lipinski definition) is 2. The van der Waals surface area contributed by atoms with Crippen LogP contribution in [0.2, 0.25) is 0 Å². The van der Waals surface area contributed by atoms with E-state index in [-0.39, 0.29) is 12.6 Å². The second kappa shape index (κ2) is 6.34. The minimum atomic E-state index is -3.36. The van der Waals surface area contributed by atoms with E-state index in [1.165, 1.54) is 0 Å². The molecule has 1 unspecified atom stereocenters. The molecule has 0 fully saturated rings. The van der Waals surface area contributed by atoms with Crippen LogP contribution in [0.3, 0.4) is 0 Å². The molecule has 0 aliphatic rings. The third-order valence-electron chi connectivity index (χ3n) is 1.64. The van der Waals surface area contributed by atoms with Crippen molar-refractivity contribution in [1.82, 2.24) is 9.44 Å². The summed E-state index contributed by atoms with van der Waals surface area (Å²) in [7, 11) is -1.82. The average Bonchev–Trinajstić information content (AvgIpc) is 2.11. The summed E-state index contributed by atoms with van der Waals surface area (Å²) in [5, 5.41) is 0.